The molecule has 0 aliphatic heterocycles. The summed E-state index contributed by atoms with van der Waals surface area (Å²) in [6, 6.07) is 64.3. The Morgan fingerprint density at radius 3 is 1.85 bits per heavy atom. The first-order valence-corrected chi connectivity index (χ1v) is 18.4. The SMILES string of the molecule is CC1(C)c2ccccc2-c2cc(N(c3ccc(-c4cc5ccccc5c5c4ccc4ccccc45)cc3)c3ccc4c(c3)oc3ccccc34)ccc21. The topological polar surface area (TPSA) is 16.4 Å². The van der Waals surface area contributed by atoms with Crippen molar-refractivity contribution >= 4 is 71.3 Å². The van der Waals surface area contributed by atoms with Crippen molar-refractivity contribution in [2.75, 3.05) is 4.90 Å². The van der Waals surface area contributed by atoms with Crippen LogP contribution in [0.15, 0.2) is 180 Å². The van der Waals surface area contributed by atoms with Crippen LogP contribution in [0, 0.1) is 0 Å². The third kappa shape index (κ3) is 4.45. The Balaban J connectivity index is 1.10. The zero-order chi connectivity index (χ0) is 35.3. The van der Waals surface area contributed by atoms with Gasteiger partial charge in [-0.25, -0.2) is 0 Å². The average Bonchev–Trinajstić information content (AvgIpc) is 3.69. The van der Waals surface area contributed by atoms with Crippen LogP contribution >= 0.6 is 0 Å². The molecule has 1 heterocycles. The Hall–Kier alpha value is -6.64. The molecule has 0 N–H and O–H groups in total. The minimum atomic E-state index is -0.0575. The molecule has 0 saturated carbocycles. The largest absolute Gasteiger partial charge is 0.456 e. The van der Waals surface area contributed by atoms with Gasteiger partial charge in [-0.15, -0.1) is 0 Å². The number of hydrogen-bond acceptors (Lipinski definition) is 2. The molecule has 0 radical (unpaired) electrons. The fourth-order valence-corrected chi connectivity index (χ4v) is 9.05. The first-order valence-electron chi connectivity index (χ1n) is 18.4. The molecule has 1 aliphatic rings. The summed E-state index contributed by atoms with van der Waals surface area (Å²) in [5.41, 5.74) is 12.8. The minimum Gasteiger partial charge on any atom is -0.456 e. The highest BCUT2D eigenvalue weighted by atomic mass is 16.3. The smallest absolute Gasteiger partial charge is 0.137 e. The molecule has 0 amide bonds. The van der Waals surface area contributed by atoms with Crippen molar-refractivity contribution < 1.29 is 4.42 Å². The van der Waals surface area contributed by atoms with Crippen molar-refractivity contribution in [2.24, 2.45) is 0 Å². The molecule has 0 atom stereocenters. The predicted molar refractivity (Wildman–Crippen MR) is 224 cm³/mol. The number of nitrogens with zero attached hydrogens (tertiary/aromatic N) is 1. The Morgan fingerprint density at radius 1 is 0.396 bits per heavy atom. The molecule has 1 aromatic heterocycles. The third-order valence-electron chi connectivity index (χ3n) is 11.6. The van der Waals surface area contributed by atoms with Gasteiger partial charge in [0.25, 0.3) is 0 Å². The lowest BCUT2D eigenvalue weighted by Crippen LogP contribution is -2.15. The van der Waals surface area contributed by atoms with Gasteiger partial charge in [-0.2, -0.15) is 0 Å². The number of para-hydroxylation sites is 1. The zero-order valence-electron chi connectivity index (χ0n) is 29.6. The van der Waals surface area contributed by atoms with Gasteiger partial charge in [0.1, 0.15) is 11.2 Å². The summed E-state index contributed by atoms with van der Waals surface area (Å²) in [5.74, 6) is 0. The monoisotopic (exact) mass is 677 g/mol. The molecule has 0 unspecified atom stereocenters. The van der Waals surface area contributed by atoms with Gasteiger partial charge < -0.3 is 9.32 Å². The van der Waals surface area contributed by atoms with E-state index in [9.17, 15) is 0 Å². The van der Waals surface area contributed by atoms with Crippen LogP contribution in [0.1, 0.15) is 25.0 Å². The molecule has 2 heteroatoms. The van der Waals surface area contributed by atoms with E-state index < -0.39 is 0 Å². The van der Waals surface area contributed by atoms with E-state index in [0.29, 0.717) is 0 Å². The summed E-state index contributed by atoms with van der Waals surface area (Å²) in [7, 11) is 0. The van der Waals surface area contributed by atoms with E-state index in [1.54, 1.807) is 0 Å². The summed E-state index contributed by atoms with van der Waals surface area (Å²) in [4.78, 5) is 2.37. The highest BCUT2D eigenvalue weighted by molar-refractivity contribution is 6.24. The second-order valence-corrected chi connectivity index (χ2v) is 14.9. The van der Waals surface area contributed by atoms with Crippen molar-refractivity contribution in [1.29, 1.82) is 0 Å². The normalized spacial score (nSPS) is 13.2. The van der Waals surface area contributed by atoms with E-state index in [2.05, 4.69) is 183 Å². The van der Waals surface area contributed by atoms with Crippen LogP contribution in [0.4, 0.5) is 17.1 Å². The van der Waals surface area contributed by atoms with Gasteiger partial charge in [-0.3, -0.25) is 0 Å². The average molecular weight is 678 g/mol. The first kappa shape index (κ1) is 30.0. The van der Waals surface area contributed by atoms with Crippen LogP contribution in [-0.2, 0) is 5.41 Å². The van der Waals surface area contributed by atoms with Crippen molar-refractivity contribution in [2.45, 2.75) is 19.3 Å². The molecular formula is C51H35NO. The fourth-order valence-electron chi connectivity index (χ4n) is 9.05. The lowest BCUT2D eigenvalue weighted by atomic mass is 9.82. The van der Waals surface area contributed by atoms with E-state index in [-0.39, 0.29) is 5.41 Å². The van der Waals surface area contributed by atoms with Crippen molar-refractivity contribution in [3.63, 3.8) is 0 Å². The standard InChI is InChI=1S/C51H35NO/c1-51(2)46-17-9-7-15-40(46)45-30-36(25-28-47(45)51)52(37-24-27-42-41-16-8-10-18-48(41)53-49(42)31-37)35-22-19-33(20-23-35)44-29-34-12-4-6-14-39(34)50-38-13-5-3-11-32(38)21-26-43(44)50/h3-31H,1-2H3. The Kier molecular flexibility index (Phi) is 6.33. The minimum absolute atomic E-state index is 0.0575. The molecule has 0 bridgehead atoms. The molecular weight excluding hydrogens is 643 g/mol. The van der Waals surface area contributed by atoms with Crippen molar-refractivity contribution in [1.82, 2.24) is 0 Å². The van der Waals surface area contributed by atoms with Gasteiger partial charge in [0.05, 0.1) is 0 Å². The maximum Gasteiger partial charge on any atom is 0.137 e. The maximum atomic E-state index is 6.42. The summed E-state index contributed by atoms with van der Waals surface area (Å²) in [5, 5.41) is 9.91. The highest BCUT2D eigenvalue weighted by Gasteiger charge is 2.35. The van der Waals surface area contributed by atoms with Gasteiger partial charge in [0.15, 0.2) is 0 Å². The summed E-state index contributed by atoms with van der Waals surface area (Å²) < 4.78 is 6.42. The molecule has 1 aliphatic carbocycles. The number of rotatable bonds is 4. The van der Waals surface area contributed by atoms with E-state index in [1.165, 1.54) is 65.7 Å². The van der Waals surface area contributed by atoms with Crippen LogP contribution in [-0.4, -0.2) is 0 Å². The quantitative estimate of drug-likeness (QED) is 0.172. The van der Waals surface area contributed by atoms with Crippen LogP contribution in [0.5, 0.6) is 0 Å². The number of furan rings is 1. The molecule has 250 valence electrons. The lowest BCUT2D eigenvalue weighted by molar-refractivity contribution is 0.660. The van der Waals surface area contributed by atoms with Crippen LogP contribution < -0.4 is 4.90 Å². The highest BCUT2D eigenvalue weighted by Crippen LogP contribution is 2.51. The van der Waals surface area contributed by atoms with Crippen LogP contribution in [0.25, 0.3) is 76.5 Å². The zero-order valence-corrected chi connectivity index (χ0v) is 29.6. The van der Waals surface area contributed by atoms with Crippen molar-refractivity contribution in [3.05, 3.63) is 187 Å². The molecule has 10 aromatic rings. The molecule has 53 heavy (non-hydrogen) atoms. The molecule has 11 rings (SSSR count). The summed E-state index contributed by atoms with van der Waals surface area (Å²) >= 11 is 0. The number of anilines is 3. The first-order chi connectivity index (χ1) is 26.0. The second kappa shape index (κ2) is 11.2. The molecule has 0 spiro atoms. The predicted octanol–water partition coefficient (Wildman–Crippen LogP) is 14.5. The van der Waals surface area contributed by atoms with E-state index >= 15 is 0 Å². The molecule has 2 nitrogen and oxygen atoms in total. The van der Waals surface area contributed by atoms with Gasteiger partial charge in [-0.1, -0.05) is 135 Å². The van der Waals surface area contributed by atoms with Gasteiger partial charge in [0.2, 0.25) is 0 Å². The van der Waals surface area contributed by atoms with Gasteiger partial charge in [0, 0.05) is 39.3 Å². The Morgan fingerprint density at radius 2 is 1.00 bits per heavy atom. The van der Waals surface area contributed by atoms with E-state index in [4.69, 9.17) is 4.42 Å². The molecule has 9 aromatic carbocycles. The molecule has 0 fully saturated rings. The fraction of sp³-hybridized carbons (Fsp3) is 0.0588. The lowest BCUT2D eigenvalue weighted by Gasteiger charge is -2.27. The van der Waals surface area contributed by atoms with E-state index in [0.717, 1.165) is 39.0 Å². The Bertz CT molecular complexity index is 3080. The summed E-state index contributed by atoms with van der Waals surface area (Å²) in [6.45, 7) is 4.67. The van der Waals surface area contributed by atoms with Crippen molar-refractivity contribution in [3.8, 4) is 22.3 Å². The van der Waals surface area contributed by atoms with Gasteiger partial charge >= 0.3 is 0 Å². The van der Waals surface area contributed by atoms with E-state index in [1.807, 2.05) is 12.1 Å². The maximum absolute atomic E-state index is 6.42. The van der Waals surface area contributed by atoms with Gasteiger partial charge in [-0.05, 0) is 114 Å². The summed E-state index contributed by atoms with van der Waals surface area (Å²) in [6.07, 6.45) is 0. The van der Waals surface area contributed by atoms with Crippen LogP contribution in [0.2, 0.25) is 0 Å². The number of benzene rings is 9. The third-order valence-corrected chi connectivity index (χ3v) is 11.6. The Labute approximate surface area is 308 Å². The molecule has 0 saturated heterocycles. The van der Waals surface area contributed by atoms with Crippen LogP contribution in [0.3, 0.4) is 0 Å². The number of fused-ring (bicyclic) bond motifs is 11. The second-order valence-electron chi connectivity index (χ2n) is 14.9. The number of hydrogen-bond donors (Lipinski definition) is 0.